The van der Waals surface area contributed by atoms with Gasteiger partial charge in [0, 0.05) is 6.42 Å². The van der Waals surface area contributed by atoms with E-state index in [-0.39, 0.29) is 18.3 Å². The minimum atomic E-state index is -1.38. The van der Waals surface area contributed by atoms with Crippen molar-refractivity contribution in [3.63, 3.8) is 0 Å². The maximum atomic E-state index is 13.2. The minimum absolute atomic E-state index is 0.0972. The SMILES string of the molecule is O=C(OCc1nc(Cc2cccc(F)c2)no1)[C@H](O)c1ccccc1. The van der Waals surface area contributed by atoms with Crippen molar-refractivity contribution >= 4 is 5.97 Å². The van der Waals surface area contributed by atoms with E-state index in [2.05, 4.69) is 10.1 Å². The molecule has 0 radical (unpaired) electrons. The van der Waals surface area contributed by atoms with Crippen LogP contribution in [0.2, 0.25) is 0 Å². The predicted molar refractivity (Wildman–Crippen MR) is 84.7 cm³/mol. The van der Waals surface area contributed by atoms with E-state index in [4.69, 9.17) is 9.26 Å². The number of aromatic nitrogens is 2. The number of halogens is 1. The van der Waals surface area contributed by atoms with E-state index in [1.165, 1.54) is 12.1 Å². The van der Waals surface area contributed by atoms with E-state index >= 15 is 0 Å². The Labute approximate surface area is 142 Å². The average Bonchev–Trinajstić information content (AvgIpc) is 3.07. The molecule has 0 unspecified atom stereocenters. The Morgan fingerprint density at radius 3 is 2.76 bits per heavy atom. The Hall–Kier alpha value is -3.06. The van der Waals surface area contributed by atoms with Gasteiger partial charge in [-0.15, -0.1) is 0 Å². The molecule has 0 aliphatic carbocycles. The second-order valence-corrected chi connectivity index (χ2v) is 5.33. The molecule has 3 aromatic rings. The highest BCUT2D eigenvalue weighted by Gasteiger charge is 2.20. The lowest BCUT2D eigenvalue weighted by molar-refractivity contribution is -0.156. The number of nitrogens with zero attached hydrogens (tertiary/aromatic N) is 2. The minimum Gasteiger partial charge on any atom is -0.453 e. The Morgan fingerprint density at radius 1 is 1.20 bits per heavy atom. The van der Waals surface area contributed by atoms with E-state index < -0.39 is 12.1 Å². The van der Waals surface area contributed by atoms with Crippen molar-refractivity contribution in [3.05, 3.63) is 83.3 Å². The molecule has 1 heterocycles. The van der Waals surface area contributed by atoms with Gasteiger partial charge in [-0.3, -0.25) is 0 Å². The maximum Gasteiger partial charge on any atom is 0.340 e. The quantitative estimate of drug-likeness (QED) is 0.693. The fraction of sp³-hybridized carbons (Fsp3) is 0.167. The van der Waals surface area contributed by atoms with Crippen molar-refractivity contribution < 1.29 is 23.6 Å². The van der Waals surface area contributed by atoms with Gasteiger partial charge in [-0.05, 0) is 23.3 Å². The van der Waals surface area contributed by atoms with Crippen molar-refractivity contribution in [1.29, 1.82) is 0 Å². The van der Waals surface area contributed by atoms with E-state index in [0.29, 0.717) is 23.4 Å². The van der Waals surface area contributed by atoms with Gasteiger partial charge < -0.3 is 14.4 Å². The fourth-order valence-electron chi connectivity index (χ4n) is 2.23. The van der Waals surface area contributed by atoms with Crippen molar-refractivity contribution in [2.45, 2.75) is 19.1 Å². The Morgan fingerprint density at radius 2 is 2.00 bits per heavy atom. The molecule has 0 amide bonds. The second kappa shape index (κ2) is 7.67. The van der Waals surface area contributed by atoms with Crippen LogP contribution in [0.1, 0.15) is 28.9 Å². The molecule has 2 aromatic carbocycles. The zero-order valence-corrected chi connectivity index (χ0v) is 13.1. The molecule has 3 rings (SSSR count). The third kappa shape index (κ3) is 4.48. The smallest absolute Gasteiger partial charge is 0.340 e. The molecule has 1 aromatic heterocycles. The van der Waals surface area contributed by atoms with Gasteiger partial charge >= 0.3 is 5.97 Å². The van der Waals surface area contributed by atoms with Crippen LogP contribution in [0.4, 0.5) is 4.39 Å². The van der Waals surface area contributed by atoms with Gasteiger partial charge in [0.2, 0.25) is 0 Å². The van der Waals surface area contributed by atoms with Crippen LogP contribution in [0, 0.1) is 5.82 Å². The molecule has 128 valence electrons. The fourth-order valence-corrected chi connectivity index (χ4v) is 2.23. The van der Waals surface area contributed by atoms with Crippen LogP contribution >= 0.6 is 0 Å². The maximum absolute atomic E-state index is 13.2. The Bertz CT molecular complexity index is 851. The number of carbonyl (C=O) groups excluding carboxylic acids is 1. The summed E-state index contributed by atoms with van der Waals surface area (Å²) >= 11 is 0. The van der Waals surface area contributed by atoms with Crippen LogP contribution in [0.5, 0.6) is 0 Å². The first-order valence-corrected chi connectivity index (χ1v) is 7.57. The van der Waals surface area contributed by atoms with E-state index in [9.17, 15) is 14.3 Å². The summed E-state index contributed by atoms with van der Waals surface area (Å²) in [5.74, 6) is -0.707. The zero-order chi connectivity index (χ0) is 17.6. The Kier molecular flexibility index (Phi) is 5.15. The van der Waals surface area contributed by atoms with Gasteiger partial charge in [0.25, 0.3) is 5.89 Å². The highest BCUT2D eigenvalue weighted by Crippen LogP contribution is 2.15. The first kappa shape index (κ1) is 16.8. The third-order valence-corrected chi connectivity index (χ3v) is 3.44. The average molecular weight is 342 g/mol. The summed E-state index contributed by atoms with van der Waals surface area (Å²) in [4.78, 5) is 15.9. The summed E-state index contributed by atoms with van der Waals surface area (Å²) in [5.41, 5.74) is 1.13. The molecular weight excluding hydrogens is 327 g/mol. The zero-order valence-electron chi connectivity index (χ0n) is 13.1. The molecule has 0 saturated heterocycles. The lowest BCUT2D eigenvalue weighted by atomic mass is 10.1. The number of ether oxygens (including phenoxy) is 1. The van der Waals surface area contributed by atoms with Crippen LogP contribution in [0.25, 0.3) is 0 Å². The molecule has 0 aliphatic heterocycles. The number of rotatable bonds is 6. The van der Waals surface area contributed by atoms with Gasteiger partial charge in [0.1, 0.15) is 5.82 Å². The summed E-state index contributed by atoms with van der Waals surface area (Å²) in [7, 11) is 0. The van der Waals surface area contributed by atoms with Gasteiger partial charge in [-0.1, -0.05) is 47.6 Å². The molecule has 0 spiro atoms. The van der Waals surface area contributed by atoms with Gasteiger partial charge in [0.05, 0.1) is 0 Å². The van der Waals surface area contributed by atoms with Crippen LogP contribution < -0.4 is 0 Å². The summed E-state index contributed by atoms with van der Waals surface area (Å²) in [6.07, 6.45) is -1.09. The summed E-state index contributed by atoms with van der Waals surface area (Å²) in [6.45, 7) is -0.251. The number of benzene rings is 2. The van der Waals surface area contributed by atoms with Gasteiger partial charge in [-0.25, -0.2) is 9.18 Å². The Balaban J connectivity index is 1.55. The molecule has 0 fully saturated rings. The number of esters is 1. The van der Waals surface area contributed by atoms with E-state index in [0.717, 1.165) is 0 Å². The number of aliphatic hydroxyl groups excluding tert-OH is 1. The number of hydrogen-bond donors (Lipinski definition) is 1. The summed E-state index contributed by atoms with van der Waals surface area (Å²) < 4.78 is 23.1. The molecule has 0 bridgehead atoms. The summed E-state index contributed by atoms with van der Waals surface area (Å²) in [6, 6.07) is 14.5. The predicted octanol–water partition coefficient (Wildman–Crippen LogP) is 2.58. The molecule has 25 heavy (non-hydrogen) atoms. The first-order chi connectivity index (χ1) is 12.1. The highest BCUT2D eigenvalue weighted by molar-refractivity contribution is 5.76. The molecule has 1 N–H and O–H groups in total. The lowest BCUT2D eigenvalue weighted by Gasteiger charge is -2.09. The number of carbonyl (C=O) groups is 1. The molecule has 0 aliphatic rings. The normalized spacial score (nSPS) is 11.9. The molecule has 6 nitrogen and oxygen atoms in total. The van der Waals surface area contributed by atoms with Crippen LogP contribution in [-0.4, -0.2) is 21.2 Å². The molecule has 7 heteroatoms. The van der Waals surface area contributed by atoms with Crippen LogP contribution in [0.3, 0.4) is 0 Å². The molecule has 0 saturated carbocycles. The topological polar surface area (TPSA) is 85.5 Å². The highest BCUT2D eigenvalue weighted by atomic mass is 19.1. The molecular formula is C18H15FN2O4. The second-order valence-electron chi connectivity index (χ2n) is 5.33. The van der Waals surface area contributed by atoms with Crippen molar-refractivity contribution in [2.24, 2.45) is 0 Å². The standard InChI is InChI=1S/C18H15FN2O4/c19-14-8-4-5-12(9-14)10-15-20-16(25-21-15)11-24-18(23)17(22)13-6-2-1-3-7-13/h1-9,17,22H,10-11H2/t17-/m1/s1. The number of aliphatic hydroxyl groups is 1. The van der Waals surface area contributed by atoms with Gasteiger partial charge in [-0.2, -0.15) is 4.98 Å². The van der Waals surface area contributed by atoms with E-state index in [1.54, 1.807) is 42.5 Å². The lowest BCUT2D eigenvalue weighted by Crippen LogP contribution is -2.15. The van der Waals surface area contributed by atoms with Crippen LogP contribution in [0.15, 0.2) is 59.1 Å². The monoisotopic (exact) mass is 342 g/mol. The van der Waals surface area contributed by atoms with Gasteiger partial charge in [0.15, 0.2) is 18.5 Å². The first-order valence-electron chi connectivity index (χ1n) is 7.57. The van der Waals surface area contributed by atoms with E-state index in [1.807, 2.05) is 0 Å². The third-order valence-electron chi connectivity index (χ3n) is 3.44. The van der Waals surface area contributed by atoms with Crippen molar-refractivity contribution in [2.75, 3.05) is 0 Å². The largest absolute Gasteiger partial charge is 0.453 e. The molecule has 1 atom stereocenters. The summed E-state index contributed by atoms with van der Waals surface area (Å²) in [5, 5.41) is 13.7. The van der Waals surface area contributed by atoms with Crippen molar-refractivity contribution in [1.82, 2.24) is 10.1 Å². The number of hydrogen-bond acceptors (Lipinski definition) is 6. The van der Waals surface area contributed by atoms with Crippen LogP contribution in [-0.2, 0) is 22.6 Å². The van der Waals surface area contributed by atoms with Crippen molar-refractivity contribution in [3.8, 4) is 0 Å².